The Morgan fingerprint density at radius 1 is 1.42 bits per heavy atom. The van der Waals surface area contributed by atoms with E-state index in [-0.39, 0.29) is 6.54 Å². The van der Waals surface area contributed by atoms with Crippen LogP contribution in [0.3, 0.4) is 0 Å². The summed E-state index contributed by atoms with van der Waals surface area (Å²) < 4.78 is 39.0. The van der Waals surface area contributed by atoms with Crippen molar-refractivity contribution in [1.29, 1.82) is 0 Å². The maximum Gasteiger partial charge on any atom is 0.417 e. The fourth-order valence-corrected chi connectivity index (χ4v) is 4.13. The molecule has 0 radical (unpaired) electrons. The number of carbonyl (C=O) groups excluding carboxylic acids is 1. The van der Waals surface area contributed by atoms with Gasteiger partial charge in [-0.3, -0.25) is 9.78 Å². The molecule has 3 rings (SSSR count). The highest BCUT2D eigenvalue weighted by molar-refractivity contribution is 7.22. The zero-order valence-electron chi connectivity index (χ0n) is 12.0. The van der Waals surface area contributed by atoms with E-state index in [4.69, 9.17) is 6.42 Å². The van der Waals surface area contributed by atoms with E-state index in [9.17, 15) is 18.0 Å². The number of carbonyl (C=O) groups is 1. The largest absolute Gasteiger partial charge is 0.417 e. The highest BCUT2D eigenvalue weighted by Crippen LogP contribution is 2.41. The Hall–Kier alpha value is -2.37. The van der Waals surface area contributed by atoms with Crippen molar-refractivity contribution in [2.45, 2.75) is 6.18 Å². The van der Waals surface area contributed by atoms with Gasteiger partial charge in [0.05, 0.1) is 22.3 Å². The monoisotopic (exact) mass is 366 g/mol. The number of rotatable bonds is 3. The maximum absolute atomic E-state index is 12.9. The fraction of sp³-hybridized carbons (Fsp3) is 0.125. The first kappa shape index (κ1) is 16.5. The number of halogens is 3. The number of nitrogens with one attached hydrogen (secondary N) is 1. The van der Waals surface area contributed by atoms with Gasteiger partial charge in [-0.2, -0.15) is 13.2 Å². The number of nitrogens with zero attached hydrogens (tertiary/aromatic N) is 1. The molecule has 3 aromatic heterocycles. The molecule has 0 aromatic carbocycles. The summed E-state index contributed by atoms with van der Waals surface area (Å²) in [4.78, 5) is 17.4. The molecule has 0 saturated heterocycles. The van der Waals surface area contributed by atoms with Crippen molar-refractivity contribution in [2.24, 2.45) is 0 Å². The molecule has 24 heavy (non-hydrogen) atoms. The van der Waals surface area contributed by atoms with Crippen molar-refractivity contribution < 1.29 is 18.0 Å². The molecule has 122 valence electrons. The molecule has 1 amide bonds. The Morgan fingerprint density at radius 3 is 2.83 bits per heavy atom. The van der Waals surface area contributed by atoms with Gasteiger partial charge in [0.15, 0.2) is 0 Å². The first-order valence-electron chi connectivity index (χ1n) is 6.67. The van der Waals surface area contributed by atoms with Gasteiger partial charge in [-0.1, -0.05) is 12.0 Å². The molecule has 0 saturated carbocycles. The van der Waals surface area contributed by atoms with Crippen LogP contribution >= 0.6 is 22.7 Å². The lowest BCUT2D eigenvalue weighted by molar-refractivity contribution is -0.137. The standard InChI is InChI=1S/C16H9F3N2OS2/c1-2-5-20-15(22)14-12(10-4-3-6-23-10)13-11(24-14)7-9(8-21-13)16(17,18)19/h1,3-4,6-8H,5H2,(H,20,22). The van der Waals surface area contributed by atoms with E-state index in [0.717, 1.165) is 28.5 Å². The molecule has 0 unspecified atom stereocenters. The minimum Gasteiger partial charge on any atom is -0.340 e. The van der Waals surface area contributed by atoms with Gasteiger partial charge in [0.2, 0.25) is 0 Å². The van der Waals surface area contributed by atoms with E-state index in [1.165, 1.54) is 11.3 Å². The molecule has 0 aliphatic heterocycles. The van der Waals surface area contributed by atoms with Gasteiger partial charge in [0.25, 0.3) is 5.91 Å². The van der Waals surface area contributed by atoms with E-state index in [2.05, 4.69) is 16.2 Å². The first-order chi connectivity index (χ1) is 11.4. The van der Waals surface area contributed by atoms with Crippen LogP contribution < -0.4 is 5.32 Å². The lowest BCUT2D eigenvalue weighted by Crippen LogP contribution is -2.22. The van der Waals surface area contributed by atoms with Crippen LogP contribution in [0.2, 0.25) is 0 Å². The lowest BCUT2D eigenvalue weighted by atomic mass is 10.1. The summed E-state index contributed by atoms with van der Waals surface area (Å²) in [7, 11) is 0. The van der Waals surface area contributed by atoms with E-state index in [1.54, 1.807) is 12.1 Å². The molecule has 0 aliphatic rings. The number of fused-ring (bicyclic) bond motifs is 1. The molecule has 0 atom stereocenters. The van der Waals surface area contributed by atoms with Crippen LogP contribution in [0.5, 0.6) is 0 Å². The smallest absolute Gasteiger partial charge is 0.340 e. The maximum atomic E-state index is 12.9. The molecular weight excluding hydrogens is 357 g/mol. The van der Waals surface area contributed by atoms with Crippen LogP contribution in [0.25, 0.3) is 20.7 Å². The van der Waals surface area contributed by atoms with Gasteiger partial charge in [0.1, 0.15) is 4.88 Å². The summed E-state index contributed by atoms with van der Waals surface area (Å²) in [5.74, 6) is 1.87. The van der Waals surface area contributed by atoms with Gasteiger partial charge < -0.3 is 5.32 Å². The lowest BCUT2D eigenvalue weighted by Gasteiger charge is -2.05. The summed E-state index contributed by atoms with van der Waals surface area (Å²) in [5, 5.41) is 4.37. The van der Waals surface area contributed by atoms with Gasteiger partial charge in [-0.25, -0.2) is 0 Å². The highest BCUT2D eigenvalue weighted by atomic mass is 32.1. The molecule has 0 bridgehead atoms. The third kappa shape index (κ3) is 3.00. The molecule has 1 N–H and O–H groups in total. The second-order valence-electron chi connectivity index (χ2n) is 4.74. The Morgan fingerprint density at radius 2 is 2.21 bits per heavy atom. The van der Waals surface area contributed by atoms with Crippen LogP contribution in [0.1, 0.15) is 15.2 Å². The van der Waals surface area contributed by atoms with E-state index < -0.39 is 17.6 Å². The SMILES string of the molecule is C#CCNC(=O)c1sc2cc(C(F)(F)F)cnc2c1-c1cccs1. The molecule has 8 heteroatoms. The Bertz CT molecular complexity index is 937. The minimum atomic E-state index is -4.49. The summed E-state index contributed by atoms with van der Waals surface area (Å²) in [6.45, 7) is 0.0399. The first-order valence-corrected chi connectivity index (χ1v) is 8.36. The quantitative estimate of drug-likeness (QED) is 0.698. The number of aromatic nitrogens is 1. The second-order valence-corrected chi connectivity index (χ2v) is 6.74. The topological polar surface area (TPSA) is 42.0 Å². The van der Waals surface area contributed by atoms with Crippen LogP contribution in [0.4, 0.5) is 13.2 Å². The van der Waals surface area contributed by atoms with Gasteiger partial charge in [-0.05, 0) is 17.5 Å². The molecule has 3 aromatic rings. The van der Waals surface area contributed by atoms with Crippen molar-refractivity contribution in [3.05, 3.63) is 40.2 Å². The molecule has 0 spiro atoms. The predicted octanol–water partition coefficient (Wildman–Crippen LogP) is 4.41. The Balaban J connectivity index is 2.20. The molecular formula is C16H9F3N2OS2. The average molecular weight is 366 g/mol. The van der Waals surface area contributed by atoms with Gasteiger partial charge in [-0.15, -0.1) is 29.1 Å². The predicted molar refractivity (Wildman–Crippen MR) is 89.1 cm³/mol. The third-order valence-electron chi connectivity index (χ3n) is 3.18. The number of hydrogen-bond donors (Lipinski definition) is 1. The molecule has 3 heterocycles. The van der Waals surface area contributed by atoms with Crippen molar-refractivity contribution in [3.8, 4) is 22.8 Å². The van der Waals surface area contributed by atoms with Crippen LogP contribution in [-0.4, -0.2) is 17.4 Å². The van der Waals surface area contributed by atoms with Gasteiger partial charge in [0, 0.05) is 16.6 Å². The summed E-state index contributed by atoms with van der Waals surface area (Å²) in [5.41, 5.74) is 0.0686. The zero-order chi connectivity index (χ0) is 17.3. The molecule has 0 aliphatic carbocycles. The fourth-order valence-electron chi connectivity index (χ4n) is 2.15. The highest BCUT2D eigenvalue weighted by Gasteiger charge is 2.32. The number of terminal acetylenes is 1. The van der Waals surface area contributed by atoms with Crippen molar-refractivity contribution in [3.63, 3.8) is 0 Å². The average Bonchev–Trinajstić information content (AvgIpc) is 3.17. The van der Waals surface area contributed by atoms with Crippen molar-refractivity contribution in [2.75, 3.05) is 6.54 Å². The van der Waals surface area contributed by atoms with Gasteiger partial charge >= 0.3 is 6.18 Å². The van der Waals surface area contributed by atoms with Crippen LogP contribution in [-0.2, 0) is 6.18 Å². The number of pyridine rings is 1. The number of hydrogen-bond acceptors (Lipinski definition) is 4. The third-order valence-corrected chi connectivity index (χ3v) is 5.19. The number of amides is 1. The molecule has 0 fully saturated rings. The van der Waals surface area contributed by atoms with Crippen LogP contribution in [0.15, 0.2) is 29.8 Å². The Labute approximate surface area is 143 Å². The summed E-state index contributed by atoms with van der Waals surface area (Å²) in [6, 6.07) is 4.61. The zero-order valence-corrected chi connectivity index (χ0v) is 13.6. The normalized spacial score (nSPS) is 11.4. The van der Waals surface area contributed by atoms with E-state index >= 15 is 0 Å². The van der Waals surface area contributed by atoms with Crippen molar-refractivity contribution >= 4 is 38.8 Å². The van der Waals surface area contributed by atoms with E-state index in [1.807, 2.05) is 5.38 Å². The molecule has 3 nitrogen and oxygen atoms in total. The Kier molecular flexibility index (Phi) is 4.30. The number of thiophene rings is 2. The van der Waals surface area contributed by atoms with Crippen LogP contribution in [0, 0.1) is 12.3 Å². The second kappa shape index (κ2) is 6.26. The van der Waals surface area contributed by atoms with E-state index in [0.29, 0.717) is 20.7 Å². The minimum absolute atomic E-state index is 0.0399. The summed E-state index contributed by atoms with van der Waals surface area (Å²) in [6.07, 6.45) is 1.43. The van der Waals surface area contributed by atoms with Crippen molar-refractivity contribution in [1.82, 2.24) is 10.3 Å². The number of alkyl halides is 3. The summed E-state index contributed by atoms with van der Waals surface area (Å²) >= 11 is 2.36.